The summed E-state index contributed by atoms with van der Waals surface area (Å²) >= 11 is 0. The number of rotatable bonds is 9. The van der Waals surface area contributed by atoms with Crippen LogP contribution < -0.4 is 10.4 Å². The van der Waals surface area contributed by atoms with E-state index in [1.54, 1.807) is 13.8 Å². The summed E-state index contributed by atoms with van der Waals surface area (Å²) in [7, 11) is 0. The van der Waals surface area contributed by atoms with Crippen LogP contribution in [0.3, 0.4) is 0 Å². The van der Waals surface area contributed by atoms with Gasteiger partial charge in [-0.05, 0) is 52.2 Å². The highest BCUT2D eigenvalue weighted by atomic mass is 19.4. The summed E-state index contributed by atoms with van der Waals surface area (Å²) in [6, 6.07) is 2.85. The first-order valence-electron chi connectivity index (χ1n) is 11.4. The van der Waals surface area contributed by atoms with E-state index in [1.807, 2.05) is 13.8 Å². The molecule has 0 atom stereocenters. The molecule has 0 unspecified atom stereocenters. The molecule has 1 fully saturated rings. The standard InChI is InChI=1S/C24H29F3N2O5/c1-5-9-16-18(11-10-15-17(24(25,26)27)14-19(30)34-20(15)16)33-13-8-7-12-28-21(31)23(3,4)29(6-2)22(28)32/h10-11,14H,5-9,12-13H2,1-4H3. The predicted octanol–water partition coefficient (Wildman–Crippen LogP) is 4.99. The number of hydrogen-bond donors (Lipinski definition) is 0. The number of alkyl halides is 3. The van der Waals surface area contributed by atoms with E-state index >= 15 is 0 Å². The minimum absolute atomic E-state index is 0.116. The van der Waals surface area contributed by atoms with Crippen molar-refractivity contribution in [1.82, 2.24) is 9.80 Å². The predicted molar refractivity (Wildman–Crippen MR) is 120 cm³/mol. The molecule has 3 rings (SSSR count). The van der Waals surface area contributed by atoms with E-state index < -0.39 is 22.9 Å². The number of nitrogens with zero attached hydrogens (tertiary/aromatic N) is 2. The normalized spacial score (nSPS) is 16.1. The Morgan fingerprint density at radius 1 is 1.09 bits per heavy atom. The number of imide groups is 1. The number of hydrogen-bond acceptors (Lipinski definition) is 5. The van der Waals surface area contributed by atoms with Gasteiger partial charge in [0.25, 0.3) is 5.91 Å². The summed E-state index contributed by atoms with van der Waals surface area (Å²) in [6.45, 7) is 8.04. The lowest BCUT2D eigenvalue weighted by molar-refractivity contribution is -0.136. The Bertz CT molecular complexity index is 1140. The van der Waals surface area contributed by atoms with Gasteiger partial charge in [0.1, 0.15) is 16.9 Å². The molecule has 0 spiro atoms. The van der Waals surface area contributed by atoms with Crippen LogP contribution in [0.5, 0.6) is 5.75 Å². The van der Waals surface area contributed by atoms with Gasteiger partial charge in [0, 0.05) is 30.1 Å². The SMILES string of the molecule is CCCc1c(OCCCCN2C(=O)N(CC)C(C)(C)C2=O)ccc2c(C(F)(F)F)cc(=O)oc12. The molecule has 10 heteroatoms. The first-order valence-corrected chi connectivity index (χ1v) is 11.4. The fourth-order valence-electron chi connectivity index (χ4n) is 4.32. The molecule has 1 aliphatic rings. The lowest BCUT2D eigenvalue weighted by Gasteiger charge is -2.25. The van der Waals surface area contributed by atoms with E-state index in [0.29, 0.717) is 49.6 Å². The highest BCUT2D eigenvalue weighted by Crippen LogP contribution is 2.37. The summed E-state index contributed by atoms with van der Waals surface area (Å²) in [4.78, 5) is 39.7. The van der Waals surface area contributed by atoms with Crippen LogP contribution >= 0.6 is 0 Å². The van der Waals surface area contributed by atoms with Gasteiger partial charge in [0.15, 0.2) is 0 Å². The van der Waals surface area contributed by atoms with Gasteiger partial charge >= 0.3 is 17.8 Å². The number of ether oxygens (including phenoxy) is 1. The number of aryl methyl sites for hydroxylation is 1. The second-order valence-corrected chi connectivity index (χ2v) is 8.74. The molecule has 1 aromatic carbocycles. The number of unbranched alkanes of at least 4 members (excludes halogenated alkanes) is 1. The van der Waals surface area contributed by atoms with Gasteiger partial charge in [0.05, 0.1) is 12.2 Å². The van der Waals surface area contributed by atoms with Crippen molar-refractivity contribution in [2.75, 3.05) is 19.7 Å². The zero-order valence-corrected chi connectivity index (χ0v) is 19.8. The van der Waals surface area contributed by atoms with Crippen LogP contribution in [0.25, 0.3) is 11.0 Å². The van der Waals surface area contributed by atoms with E-state index in [4.69, 9.17) is 9.15 Å². The Balaban J connectivity index is 1.71. The molecular formula is C24H29F3N2O5. The third-order valence-electron chi connectivity index (χ3n) is 6.03. The van der Waals surface area contributed by atoms with Crippen LogP contribution in [0, 0.1) is 0 Å². The first-order chi connectivity index (χ1) is 15.9. The fourth-order valence-corrected chi connectivity index (χ4v) is 4.32. The van der Waals surface area contributed by atoms with E-state index in [1.165, 1.54) is 21.9 Å². The average Bonchev–Trinajstić information content (AvgIpc) is 2.92. The number of urea groups is 1. The second-order valence-electron chi connectivity index (χ2n) is 8.74. The number of amides is 3. The number of fused-ring (bicyclic) bond motifs is 1. The maximum absolute atomic E-state index is 13.4. The summed E-state index contributed by atoms with van der Waals surface area (Å²) in [5.74, 6) is 0.110. The largest absolute Gasteiger partial charge is 0.493 e. The van der Waals surface area contributed by atoms with Gasteiger partial charge in [-0.3, -0.25) is 9.69 Å². The third kappa shape index (κ3) is 4.76. The van der Waals surface area contributed by atoms with Crippen LogP contribution in [0.15, 0.2) is 27.4 Å². The van der Waals surface area contributed by atoms with E-state index in [-0.39, 0.29) is 36.1 Å². The van der Waals surface area contributed by atoms with Crippen LogP contribution in [0.1, 0.15) is 58.1 Å². The molecule has 0 saturated carbocycles. The van der Waals surface area contributed by atoms with Crippen molar-refractivity contribution in [2.24, 2.45) is 0 Å². The van der Waals surface area contributed by atoms with Crippen molar-refractivity contribution in [3.05, 3.63) is 39.7 Å². The minimum Gasteiger partial charge on any atom is -0.493 e. The molecular weight excluding hydrogens is 453 g/mol. The molecule has 0 radical (unpaired) electrons. The van der Waals surface area contributed by atoms with Crippen LogP contribution in [0.2, 0.25) is 0 Å². The minimum atomic E-state index is -4.69. The van der Waals surface area contributed by atoms with Gasteiger partial charge in [-0.1, -0.05) is 13.3 Å². The molecule has 0 aliphatic carbocycles. The van der Waals surface area contributed by atoms with Crippen molar-refractivity contribution in [2.45, 2.75) is 65.1 Å². The van der Waals surface area contributed by atoms with Gasteiger partial charge < -0.3 is 14.1 Å². The van der Waals surface area contributed by atoms with Crippen molar-refractivity contribution in [3.63, 3.8) is 0 Å². The van der Waals surface area contributed by atoms with Crippen molar-refractivity contribution >= 4 is 22.9 Å². The number of benzene rings is 1. The first kappa shape index (κ1) is 25.6. The maximum Gasteiger partial charge on any atom is 0.417 e. The molecule has 3 amide bonds. The average molecular weight is 482 g/mol. The zero-order chi connectivity index (χ0) is 25.3. The molecule has 1 aliphatic heterocycles. The Morgan fingerprint density at radius 3 is 2.38 bits per heavy atom. The molecule has 186 valence electrons. The molecule has 1 saturated heterocycles. The summed E-state index contributed by atoms with van der Waals surface area (Å²) in [6.07, 6.45) is -2.69. The third-order valence-corrected chi connectivity index (χ3v) is 6.03. The molecule has 0 bridgehead atoms. The molecule has 34 heavy (non-hydrogen) atoms. The Labute approximate surface area is 195 Å². The second kappa shape index (κ2) is 9.68. The van der Waals surface area contributed by atoms with E-state index in [0.717, 1.165) is 0 Å². The Morgan fingerprint density at radius 2 is 1.79 bits per heavy atom. The fraction of sp³-hybridized carbons (Fsp3) is 0.542. The summed E-state index contributed by atoms with van der Waals surface area (Å²) < 4.78 is 51.2. The molecule has 7 nitrogen and oxygen atoms in total. The van der Waals surface area contributed by atoms with Crippen molar-refractivity contribution < 1.29 is 31.9 Å². The van der Waals surface area contributed by atoms with Crippen molar-refractivity contribution in [3.8, 4) is 5.75 Å². The number of likely N-dealkylation sites (N-methyl/N-ethyl adjacent to an activating group) is 1. The maximum atomic E-state index is 13.4. The Hall–Kier alpha value is -3.04. The quantitative estimate of drug-likeness (QED) is 0.286. The van der Waals surface area contributed by atoms with Gasteiger partial charge in [0.2, 0.25) is 0 Å². The molecule has 0 N–H and O–H groups in total. The summed E-state index contributed by atoms with van der Waals surface area (Å²) in [5.41, 5.74) is -2.69. The molecule has 2 heterocycles. The van der Waals surface area contributed by atoms with E-state index in [9.17, 15) is 27.6 Å². The number of halogens is 3. The van der Waals surface area contributed by atoms with Gasteiger partial charge in [-0.2, -0.15) is 13.2 Å². The molecule has 1 aromatic heterocycles. The zero-order valence-electron chi connectivity index (χ0n) is 19.8. The number of carbonyl (C=O) groups is 2. The number of carbonyl (C=O) groups excluding carboxylic acids is 2. The van der Waals surface area contributed by atoms with Gasteiger partial charge in [-0.15, -0.1) is 0 Å². The highest BCUT2D eigenvalue weighted by molar-refractivity contribution is 6.06. The van der Waals surface area contributed by atoms with E-state index in [2.05, 4.69) is 0 Å². The summed E-state index contributed by atoms with van der Waals surface area (Å²) in [5, 5.41) is -0.183. The monoisotopic (exact) mass is 482 g/mol. The lowest BCUT2D eigenvalue weighted by Crippen LogP contribution is -2.43. The lowest BCUT2D eigenvalue weighted by atomic mass is 10.0. The molecule has 2 aromatic rings. The Kier molecular flexibility index (Phi) is 7.28. The van der Waals surface area contributed by atoms with Gasteiger partial charge in [-0.25, -0.2) is 9.59 Å². The van der Waals surface area contributed by atoms with Crippen LogP contribution in [0.4, 0.5) is 18.0 Å². The smallest absolute Gasteiger partial charge is 0.417 e. The topological polar surface area (TPSA) is 80.1 Å². The van der Waals surface area contributed by atoms with Crippen molar-refractivity contribution in [1.29, 1.82) is 0 Å². The van der Waals surface area contributed by atoms with Crippen LogP contribution in [-0.4, -0.2) is 47.0 Å². The highest BCUT2D eigenvalue weighted by Gasteiger charge is 2.49. The van der Waals surface area contributed by atoms with Crippen LogP contribution in [-0.2, 0) is 17.4 Å².